The second kappa shape index (κ2) is 7.78. The number of hydrogen-bond acceptors (Lipinski definition) is 5. The first kappa shape index (κ1) is 18.7. The fourth-order valence-electron chi connectivity index (χ4n) is 4.02. The SMILES string of the molecule is CCc1cnc(OC2CCCN(C(=O)C3(c4ccccc4OC)CC3)C2)nc1. The number of hydrogen-bond donors (Lipinski definition) is 0. The zero-order valence-electron chi connectivity index (χ0n) is 16.6. The fourth-order valence-corrected chi connectivity index (χ4v) is 4.02. The van der Waals surface area contributed by atoms with E-state index in [2.05, 4.69) is 16.9 Å². The maximum absolute atomic E-state index is 13.4. The zero-order chi connectivity index (χ0) is 19.6. The average molecular weight is 381 g/mol. The van der Waals surface area contributed by atoms with Gasteiger partial charge in [-0.1, -0.05) is 25.1 Å². The molecule has 2 heterocycles. The summed E-state index contributed by atoms with van der Waals surface area (Å²) in [5.74, 6) is 0.982. The number of benzene rings is 1. The highest BCUT2D eigenvalue weighted by Crippen LogP contribution is 2.52. The molecule has 0 N–H and O–H groups in total. The average Bonchev–Trinajstić information content (AvgIpc) is 3.56. The molecule has 1 aliphatic heterocycles. The van der Waals surface area contributed by atoms with Crippen LogP contribution in [0.4, 0.5) is 0 Å². The van der Waals surface area contributed by atoms with Gasteiger partial charge in [-0.15, -0.1) is 0 Å². The summed E-state index contributed by atoms with van der Waals surface area (Å²) in [4.78, 5) is 24.0. The van der Waals surface area contributed by atoms with Gasteiger partial charge in [0.1, 0.15) is 11.9 Å². The molecule has 1 aromatic heterocycles. The molecular weight excluding hydrogens is 354 g/mol. The van der Waals surface area contributed by atoms with Crippen molar-refractivity contribution in [2.24, 2.45) is 0 Å². The number of aryl methyl sites for hydroxylation is 1. The summed E-state index contributed by atoms with van der Waals surface area (Å²) in [6.45, 7) is 3.42. The van der Waals surface area contributed by atoms with E-state index in [1.54, 1.807) is 19.5 Å². The number of ether oxygens (including phenoxy) is 2. The van der Waals surface area contributed by atoms with Crippen molar-refractivity contribution in [3.8, 4) is 11.8 Å². The Morgan fingerprint density at radius 2 is 2.00 bits per heavy atom. The molecule has 2 fully saturated rings. The lowest BCUT2D eigenvalue weighted by atomic mass is 9.92. The van der Waals surface area contributed by atoms with Crippen LogP contribution >= 0.6 is 0 Å². The number of amides is 1. The Morgan fingerprint density at radius 1 is 1.25 bits per heavy atom. The van der Waals surface area contributed by atoms with Gasteiger partial charge in [0.05, 0.1) is 19.1 Å². The Morgan fingerprint density at radius 3 is 2.68 bits per heavy atom. The van der Waals surface area contributed by atoms with Gasteiger partial charge < -0.3 is 14.4 Å². The van der Waals surface area contributed by atoms with Gasteiger partial charge in [-0.2, -0.15) is 0 Å². The standard InChI is InChI=1S/C22H27N3O3/c1-3-16-13-23-21(24-14-16)28-17-7-6-12-25(15-17)20(26)22(10-11-22)18-8-4-5-9-19(18)27-2/h4-5,8-9,13-14,17H,3,6-7,10-12,15H2,1-2H3. The highest BCUT2D eigenvalue weighted by Gasteiger charge is 2.54. The molecule has 2 aromatic rings. The summed E-state index contributed by atoms with van der Waals surface area (Å²) in [6.07, 6.45) is 8.00. The number of likely N-dealkylation sites (tertiary alicyclic amines) is 1. The Hall–Kier alpha value is -2.63. The zero-order valence-corrected chi connectivity index (χ0v) is 16.6. The molecule has 6 nitrogen and oxygen atoms in total. The molecule has 1 aliphatic carbocycles. The Balaban J connectivity index is 1.46. The second-order valence-corrected chi connectivity index (χ2v) is 7.64. The van der Waals surface area contributed by atoms with E-state index in [1.165, 1.54) is 0 Å². The molecule has 0 spiro atoms. The van der Waals surface area contributed by atoms with Crippen LogP contribution in [-0.4, -0.2) is 47.1 Å². The van der Waals surface area contributed by atoms with Gasteiger partial charge in [0.15, 0.2) is 0 Å². The minimum atomic E-state index is -0.437. The van der Waals surface area contributed by atoms with Crippen LogP contribution in [0, 0.1) is 0 Å². The number of rotatable bonds is 6. The van der Waals surface area contributed by atoms with Crippen molar-refractivity contribution in [1.29, 1.82) is 0 Å². The monoisotopic (exact) mass is 381 g/mol. The third-order valence-electron chi connectivity index (χ3n) is 5.81. The second-order valence-electron chi connectivity index (χ2n) is 7.64. The molecule has 1 aromatic carbocycles. The smallest absolute Gasteiger partial charge is 0.316 e. The van der Waals surface area contributed by atoms with Crippen molar-refractivity contribution >= 4 is 5.91 Å². The lowest BCUT2D eigenvalue weighted by Gasteiger charge is -2.35. The third kappa shape index (κ3) is 3.55. The highest BCUT2D eigenvalue weighted by atomic mass is 16.5. The minimum Gasteiger partial charge on any atom is -0.496 e. The topological polar surface area (TPSA) is 64.5 Å². The predicted octanol–water partition coefficient (Wildman–Crippen LogP) is 3.15. The summed E-state index contributed by atoms with van der Waals surface area (Å²) in [5, 5.41) is 0. The van der Waals surface area contributed by atoms with Crippen molar-refractivity contribution in [3.05, 3.63) is 47.8 Å². The molecule has 6 heteroatoms. The van der Waals surface area contributed by atoms with Gasteiger partial charge in [0.2, 0.25) is 5.91 Å². The molecular formula is C22H27N3O3. The molecule has 28 heavy (non-hydrogen) atoms. The number of carbonyl (C=O) groups excluding carboxylic acids is 1. The van der Waals surface area contributed by atoms with Gasteiger partial charge >= 0.3 is 6.01 Å². The lowest BCUT2D eigenvalue weighted by molar-refractivity contribution is -0.136. The van der Waals surface area contributed by atoms with E-state index in [4.69, 9.17) is 9.47 Å². The van der Waals surface area contributed by atoms with E-state index in [1.807, 2.05) is 29.2 Å². The Kier molecular flexibility index (Phi) is 5.20. The van der Waals surface area contributed by atoms with Gasteiger partial charge in [-0.25, -0.2) is 9.97 Å². The van der Waals surface area contributed by atoms with Crippen LogP contribution in [0.25, 0.3) is 0 Å². The van der Waals surface area contributed by atoms with Crippen molar-refractivity contribution < 1.29 is 14.3 Å². The van der Waals surface area contributed by atoms with Gasteiger partial charge in [-0.05, 0) is 43.7 Å². The number of methoxy groups -OCH3 is 1. The molecule has 0 radical (unpaired) electrons. The lowest BCUT2D eigenvalue weighted by Crippen LogP contribution is -2.48. The minimum absolute atomic E-state index is 0.0707. The first-order valence-electron chi connectivity index (χ1n) is 10.1. The maximum Gasteiger partial charge on any atom is 0.316 e. The predicted molar refractivity (Wildman–Crippen MR) is 106 cm³/mol. The van der Waals surface area contributed by atoms with Crippen LogP contribution < -0.4 is 9.47 Å². The summed E-state index contributed by atoms with van der Waals surface area (Å²) in [6, 6.07) is 8.26. The molecule has 0 bridgehead atoms. The molecule has 1 amide bonds. The van der Waals surface area contributed by atoms with E-state index in [-0.39, 0.29) is 12.0 Å². The van der Waals surface area contributed by atoms with E-state index in [0.717, 1.165) is 55.5 Å². The normalized spacial score (nSPS) is 20.5. The largest absolute Gasteiger partial charge is 0.496 e. The van der Waals surface area contributed by atoms with Crippen molar-refractivity contribution in [1.82, 2.24) is 14.9 Å². The fraction of sp³-hybridized carbons (Fsp3) is 0.500. The molecule has 4 rings (SSSR count). The molecule has 1 atom stereocenters. The number of para-hydroxylation sites is 1. The van der Waals surface area contributed by atoms with E-state index in [9.17, 15) is 4.79 Å². The Labute approximate surface area is 165 Å². The van der Waals surface area contributed by atoms with Crippen LogP contribution in [-0.2, 0) is 16.6 Å². The number of aromatic nitrogens is 2. The van der Waals surface area contributed by atoms with Crippen molar-refractivity contribution in [2.45, 2.75) is 50.5 Å². The summed E-state index contributed by atoms with van der Waals surface area (Å²) >= 11 is 0. The summed E-state index contributed by atoms with van der Waals surface area (Å²) in [5.41, 5.74) is 1.65. The number of piperidine rings is 1. The van der Waals surface area contributed by atoms with Crippen molar-refractivity contribution in [3.63, 3.8) is 0 Å². The van der Waals surface area contributed by atoms with E-state index >= 15 is 0 Å². The van der Waals surface area contributed by atoms with Crippen molar-refractivity contribution in [2.75, 3.05) is 20.2 Å². The first-order chi connectivity index (χ1) is 13.7. The Bertz CT molecular complexity index is 833. The third-order valence-corrected chi connectivity index (χ3v) is 5.81. The van der Waals surface area contributed by atoms with Gasteiger partial charge in [0.25, 0.3) is 0 Å². The van der Waals surface area contributed by atoms with Crippen LogP contribution in [0.15, 0.2) is 36.7 Å². The number of carbonyl (C=O) groups is 1. The van der Waals surface area contributed by atoms with Gasteiger partial charge in [-0.3, -0.25) is 4.79 Å². The first-order valence-corrected chi connectivity index (χ1v) is 10.1. The van der Waals surface area contributed by atoms with Crippen LogP contribution in [0.2, 0.25) is 0 Å². The van der Waals surface area contributed by atoms with Crippen LogP contribution in [0.3, 0.4) is 0 Å². The quantitative estimate of drug-likeness (QED) is 0.769. The molecule has 148 valence electrons. The molecule has 1 saturated carbocycles. The summed E-state index contributed by atoms with van der Waals surface area (Å²) < 4.78 is 11.5. The van der Waals surface area contributed by atoms with E-state index in [0.29, 0.717) is 12.6 Å². The molecule has 2 aliphatic rings. The molecule has 1 saturated heterocycles. The maximum atomic E-state index is 13.4. The highest BCUT2D eigenvalue weighted by molar-refractivity contribution is 5.92. The van der Waals surface area contributed by atoms with Crippen LogP contribution in [0.1, 0.15) is 43.7 Å². The molecule has 1 unspecified atom stereocenters. The van der Waals surface area contributed by atoms with E-state index < -0.39 is 5.41 Å². The van der Waals surface area contributed by atoms with Gasteiger partial charge in [0, 0.05) is 24.5 Å². The number of nitrogens with zero attached hydrogens (tertiary/aromatic N) is 3. The van der Waals surface area contributed by atoms with Crippen LogP contribution in [0.5, 0.6) is 11.8 Å². The summed E-state index contributed by atoms with van der Waals surface area (Å²) in [7, 11) is 1.66.